The highest BCUT2D eigenvalue weighted by Crippen LogP contribution is 2.45. The molecule has 0 aliphatic heterocycles. The predicted molar refractivity (Wildman–Crippen MR) is 122 cm³/mol. The zero-order valence-electron chi connectivity index (χ0n) is 18.7. The number of nitrogens with two attached hydrogens (primary N) is 2. The van der Waals surface area contributed by atoms with Crippen LogP contribution in [0, 0.1) is 0 Å². The number of anilines is 1. The molecule has 0 radical (unpaired) electrons. The van der Waals surface area contributed by atoms with Gasteiger partial charge in [-0.2, -0.15) is 0 Å². The van der Waals surface area contributed by atoms with E-state index in [0.717, 1.165) is 53.8 Å². The van der Waals surface area contributed by atoms with E-state index in [4.69, 9.17) is 21.0 Å². The molecule has 4 rings (SSSR count). The molecule has 9 heteroatoms. The highest BCUT2D eigenvalue weighted by atomic mass is 16.6. The standard InChI is InChI=1S/C23H30N6O3/c1-23(2)19-20(27-12-28-22(19)25)16-9-8-15(32-14-6-4-13(24)5-7-14)10-17(16)21(23)29-31-11-18(30)26-3/h8-10,12-14H,4-7,11,24H2,1-3H3,(H,26,30)(H2,25,27,28)/b29-21+. The third-order valence-electron chi connectivity index (χ3n) is 6.25. The molecule has 32 heavy (non-hydrogen) atoms. The summed E-state index contributed by atoms with van der Waals surface area (Å²) in [5.41, 5.74) is 15.5. The molecule has 0 saturated heterocycles. The van der Waals surface area contributed by atoms with Crippen LogP contribution < -0.4 is 21.5 Å². The lowest BCUT2D eigenvalue weighted by molar-refractivity contribution is -0.125. The predicted octanol–water partition coefficient (Wildman–Crippen LogP) is 2.13. The second-order valence-corrected chi connectivity index (χ2v) is 8.86. The van der Waals surface area contributed by atoms with Gasteiger partial charge in [0.15, 0.2) is 6.61 Å². The molecular weight excluding hydrogens is 408 g/mol. The first-order valence-electron chi connectivity index (χ1n) is 10.9. The number of carbonyl (C=O) groups excluding carboxylic acids is 1. The van der Waals surface area contributed by atoms with Crippen LogP contribution in [0.3, 0.4) is 0 Å². The van der Waals surface area contributed by atoms with Crippen molar-refractivity contribution in [1.29, 1.82) is 0 Å². The fourth-order valence-corrected chi connectivity index (χ4v) is 4.46. The van der Waals surface area contributed by atoms with Crippen molar-refractivity contribution >= 4 is 17.4 Å². The zero-order valence-corrected chi connectivity index (χ0v) is 18.7. The lowest BCUT2D eigenvalue weighted by Gasteiger charge is -2.35. The molecule has 0 atom stereocenters. The average Bonchev–Trinajstić information content (AvgIpc) is 2.77. The maximum Gasteiger partial charge on any atom is 0.260 e. The van der Waals surface area contributed by atoms with Crippen molar-refractivity contribution in [1.82, 2.24) is 15.3 Å². The van der Waals surface area contributed by atoms with Gasteiger partial charge in [0.05, 0.1) is 17.5 Å². The number of nitrogens with zero attached hydrogens (tertiary/aromatic N) is 3. The van der Waals surface area contributed by atoms with Gasteiger partial charge in [-0.3, -0.25) is 4.79 Å². The maximum atomic E-state index is 11.6. The van der Waals surface area contributed by atoms with E-state index in [1.807, 2.05) is 32.0 Å². The van der Waals surface area contributed by atoms with Crippen LogP contribution in [0.4, 0.5) is 5.82 Å². The molecule has 1 aromatic heterocycles. The topological polar surface area (TPSA) is 138 Å². The Labute approximate surface area is 187 Å². The van der Waals surface area contributed by atoms with Crippen LogP contribution in [-0.4, -0.2) is 47.4 Å². The summed E-state index contributed by atoms with van der Waals surface area (Å²) in [6.07, 6.45) is 5.41. The van der Waals surface area contributed by atoms with Crippen molar-refractivity contribution in [3.63, 3.8) is 0 Å². The van der Waals surface area contributed by atoms with Crippen molar-refractivity contribution in [2.75, 3.05) is 19.4 Å². The Morgan fingerprint density at radius 2 is 1.97 bits per heavy atom. The molecule has 1 fully saturated rings. The second kappa shape index (κ2) is 8.74. The number of hydrogen-bond donors (Lipinski definition) is 3. The van der Waals surface area contributed by atoms with Gasteiger partial charge in [-0.05, 0) is 57.7 Å². The number of carbonyl (C=O) groups is 1. The molecule has 1 aromatic carbocycles. The van der Waals surface area contributed by atoms with E-state index in [-0.39, 0.29) is 24.7 Å². The monoisotopic (exact) mass is 438 g/mol. The maximum absolute atomic E-state index is 11.6. The lowest BCUT2D eigenvalue weighted by Crippen LogP contribution is -2.36. The average molecular weight is 439 g/mol. The van der Waals surface area contributed by atoms with Crippen molar-refractivity contribution in [2.45, 2.75) is 57.1 Å². The Morgan fingerprint density at radius 1 is 1.22 bits per heavy atom. The van der Waals surface area contributed by atoms with Crippen LogP contribution in [0.2, 0.25) is 0 Å². The highest BCUT2D eigenvalue weighted by molar-refractivity contribution is 6.15. The summed E-state index contributed by atoms with van der Waals surface area (Å²) in [6.45, 7) is 3.80. The number of aromatic nitrogens is 2. The van der Waals surface area contributed by atoms with E-state index >= 15 is 0 Å². The van der Waals surface area contributed by atoms with Gasteiger partial charge < -0.3 is 26.4 Å². The molecule has 1 heterocycles. The summed E-state index contributed by atoms with van der Waals surface area (Å²) in [6, 6.07) is 6.14. The van der Waals surface area contributed by atoms with Gasteiger partial charge in [-0.15, -0.1) is 0 Å². The number of nitrogens with one attached hydrogen (secondary N) is 1. The molecule has 0 spiro atoms. The van der Waals surface area contributed by atoms with Crippen LogP contribution in [0.5, 0.6) is 5.75 Å². The Balaban J connectivity index is 1.75. The third-order valence-corrected chi connectivity index (χ3v) is 6.25. The number of hydrogen-bond acceptors (Lipinski definition) is 8. The largest absolute Gasteiger partial charge is 0.490 e. The smallest absolute Gasteiger partial charge is 0.260 e. The Morgan fingerprint density at radius 3 is 2.69 bits per heavy atom. The summed E-state index contributed by atoms with van der Waals surface area (Å²) in [5.74, 6) is 0.882. The van der Waals surface area contributed by atoms with Gasteiger partial charge in [0.1, 0.15) is 17.9 Å². The molecule has 2 aromatic rings. The van der Waals surface area contributed by atoms with Crippen LogP contribution in [0.1, 0.15) is 50.7 Å². The van der Waals surface area contributed by atoms with Crippen molar-refractivity contribution in [3.8, 4) is 17.0 Å². The number of likely N-dealkylation sites (N-methyl/N-ethyl adjacent to an activating group) is 1. The molecule has 1 saturated carbocycles. The molecule has 1 amide bonds. The number of benzene rings is 1. The third kappa shape index (κ3) is 4.12. The SMILES string of the molecule is CNC(=O)CO/N=C1\c2cc(OC3CCC(N)CC3)ccc2-c2ncnc(N)c2C1(C)C. The van der Waals surface area contributed by atoms with Gasteiger partial charge in [0.25, 0.3) is 5.91 Å². The Kier molecular flexibility index (Phi) is 6.01. The van der Waals surface area contributed by atoms with E-state index in [9.17, 15) is 4.79 Å². The summed E-state index contributed by atoms with van der Waals surface area (Å²) >= 11 is 0. The van der Waals surface area contributed by atoms with Gasteiger partial charge in [-0.1, -0.05) is 5.16 Å². The minimum absolute atomic E-state index is 0.139. The first-order valence-corrected chi connectivity index (χ1v) is 10.9. The lowest BCUT2D eigenvalue weighted by atomic mass is 9.70. The fourth-order valence-electron chi connectivity index (χ4n) is 4.46. The molecule has 9 nitrogen and oxygen atoms in total. The highest BCUT2D eigenvalue weighted by Gasteiger charge is 2.41. The van der Waals surface area contributed by atoms with Crippen LogP contribution in [-0.2, 0) is 15.0 Å². The van der Waals surface area contributed by atoms with Crippen molar-refractivity contribution in [3.05, 3.63) is 35.7 Å². The van der Waals surface area contributed by atoms with E-state index in [1.165, 1.54) is 6.33 Å². The van der Waals surface area contributed by atoms with Crippen molar-refractivity contribution < 1.29 is 14.4 Å². The molecule has 0 unspecified atom stereocenters. The zero-order chi connectivity index (χ0) is 22.9. The van der Waals surface area contributed by atoms with E-state index < -0.39 is 5.41 Å². The molecule has 0 bridgehead atoms. The minimum Gasteiger partial charge on any atom is -0.490 e. The van der Waals surface area contributed by atoms with Gasteiger partial charge >= 0.3 is 0 Å². The minimum atomic E-state index is -0.646. The number of ether oxygens (including phenoxy) is 1. The van der Waals surface area contributed by atoms with Crippen LogP contribution in [0.25, 0.3) is 11.3 Å². The van der Waals surface area contributed by atoms with Crippen LogP contribution in [0.15, 0.2) is 29.7 Å². The summed E-state index contributed by atoms with van der Waals surface area (Å²) < 4.78 is 6.29. The number of amides is 1. The van der Waals surface area contributed by atoms with Gasteiger partial charge in [-0.25, -0.2) is 9.97 Å². The first-order chi connectivity index (χ1) is 15.3. The van der Waals surface area contributed by atoms with Crippen LogP contribution >= 0.6 is 0 Å². The summed E-state index contributed by atoms with van der Waals surface area (Å²) in [5, 5.41) is 6.90. The number of fused-ring (bicyclic) bond motifs is 3. The summed E-state index contributed by atoms with van der Waals surface area (Å²) in [4.78, 5) is 25.8. The van der Waals surface area contributed by atoms with E-state index in [0.29, 0.717) is 11.5 Å². The number of nitrogen functional groups attached to an aromatic ring is 1. The van der Waals surface area contributed by atoms with E-state index in [1.54, 1.807) is 7.05 Å². The van der Waals surface area contributed by atoms with E-state index in [2.05, 4.69) is 20.4 Å². The van der Waals surface area contributed by atoms with Gasteiger partial charge in [0.2, 0.25) is 0 Å². The molecule has 170 valence electrons. The van der Waals surface area contributed by atoms with Gasteiger partial charge in [0, 0.05) is 35.2 Å². The first kappa shape index (κ1) is 22.0. The molecule has 5 N–H and O–H groups in total. The number of rotatable bonds is 5. The fraction of sp³-hybridized carbons (Fsp3) is 0.478. The second-order valence-electron chi connectivity index (χ2n) is 8.86. The molecular formula is C23H30N6O3. The molecule has 2 aliphatic rings. The number of oxime groups is 1. The normalized spacial score (nSPS) is 22.6. The Bertz CT molecular complexity index is 1040. The van der Waals surface area contributed by atoms with Crippen molar-refractivity contribution in [2.24, 2.45) is 10.9 Å². The summed E-state index contributed by atoms with van der Waals surface area (Å²) in [7, 11) is 1.55. The molecule has 2 aliphatic carbocycles. The Hall–Kier alpha value is -3.20. The quantitative estimate of drug-likeness (QED) is 0.608.